The average Bonchev–Trinajstić information content (AvgIpc) is 2.74. The monoisotopic (exact) mass is 305 g/mol. The third kappa shape index (κ3) is 2.16. The lowest BCUT2D eigenvalue weighted by molar-refractivity contribution is 1.28. The molecule has 3 rings (SSSR count). The number of benzene rings is 1. The molecule has 0 atom stereocenters. The Balaban J connectivity index is 1.98. The number of rotatable bonds is 2. The van der Waals surface area contributed by atoms with Crippen LogP contribution >= 0.6 is 27.3 Å². The highest BCUT2D eigenvalue weighted by Crippen LogP contribution is 2.29. The second-order valence-corrected chi connectivity index (χ2v) is 5.33. The van der Waals surface area contributed by atoms with Gasteiger partial charge in [-0.15, -0.1) is 0 Å². The molecule has 84 valence electrons. The highest BCUT2D eigenvalue weighted by Gasteiger charge is 2.05. The molecule has 0 aliphatic heterocycles. The van der Waals surface area contributed by atoms with Crippen LogP contribution in [0.3, 0.4) is 0 Å². The fraction of sp³-hybridized carbons (Fsp3) is 0. The minimum absolute atomic E-state index is 0.784. The van der Waals surface area contributed by atoms with Gasteiger partial charge >= 0.3 is 0 Å². The van der Waals surface area contributed by atoms with Crippen LogP contribution in [-0.2, 0) is 0 Å². The molecule has 3 nitrogen and oxygen atoms in total. The molecule has 5 heteroatoms. The Labute approximate surface area is 111 Å². The third-order valence-corrected chi connectivity index (χ3v) is 3.87. The van der Waals surface area contributed by atoms with E-state index >= 15 is 0 Å². The molecular weight excluding hydrogens is 298 g/mol. The number of hydrogen-bond acceptors (Lipinski definition) is 4. The Bertz CT molecular complexity index is 632. The number of anilines is 2. The minimum atomic E-state index is 0.784. The molecular formula is C12H8BrN3S. The first-order valence-corrected chi connectivity index (χ1v) is 6.67. The van der Waals surface area contributed by atoms with Gasteiger partial charge in [-0.05, 0) is 40.2 Å². The van der Waals surface area contributed by atoms with E-state index in [9.17, 15) is 0 Å². The summed E-state index contributed by atoms with van der Waals surface area (Å²) in [7, 11) is 0. The smallest absolute Gasteiger partial charge is 0.189 e. The summed E-state index contributed by atoms with van der Waals surface area (Å²) < 4.78 is 2.10. The second kappa shape index (κ2) is 4.43. The predicted octanol–water partition coefficient (Wildman–Crippen LogP) is 4.20. The molecule has 0 aliphatic rings. The van der Waals surface area contributed by atoms with Crippen molar-refractivity contribution in [3.05, 3.63) is 47.1 Å². The number of fused-ring (bicyclic) bond motifs is 1. The highest BCUT2D eigenvalue weighted by molar-refractivity contribution is 9.10. The van der Waals surface area contributed by atoms with Crippen LogP contribution in [0.2, 0.25) is 0 Å². The minimum Gasteiger partial charge on any atom is -0.315 e. The van der Waals surface area contributed by atoms with E-state index < -0.39 is 0 Å². The van der Waals surface area contributed by atoms with Gasteiger partial charge in [-0.3, -0.25) is 0 Å². The van der Waals surface area contributed by atoms with Gasteiger partial charge < -0.3 is 5.32 Å². The number of nitrogens with zero attached hydrogens (tertiary/aromatic N) is 2. The number of aromatic nitrogens is 2. The zero-order chi connectivity index (χ0) is 11.7. The van der Waals surface area contributed by atoms with Crippen LogP contribution in [0.25, 0.3) is 10.2 Å². The van der Waals surface area contributed by atoms with Crippen LogP contribution in [-0.4, -0.2) is 9.97 Å². The van der Waals surface area contributed by atoms with Gasteiger partial charge in [-0.25, -0.2) is 9.97 Å². The number of para-hydroxylation sites is 1. The van der Waals surface area contributed by atoms with E-state index in [0.717, 1.165) is 20.9 Å². The quantitative estimate of drug-likeness (QED) is 0.771. The lowest BCUT2D eigenvalue weighted by Crippen LogP contribution is -1.92. The maximum atomic E-state index is 4.50. The number of halogens is 1. The summed E-state index contributed by atoms with van der Waals surface area (Å²) in [6, 6.07) is 11.9. The maximum absolute atomic E-state index is 4.50. The molecule has 1 aromatic carbocycles. The third-order valence-electron chi connectivity index (χ3n) is 2.28. The molecule has 0 saturated heterocycles. The number of thiazole rings is 1. The molecule has 1 N–H and O–H groups in total. The van der Waals surface area contributed by atoms with E-state index in [1.54, 1.807) is 17.5 Å². The van der Waals surface area contributed by atoms with E-state index in [4.69, 9.17) is 0 Å². The summed E-state index contributed by atoms with van der Waals surface area (Å²) >= 11 is 5.07. The summed E-state index contributed by atoms with van der Waals surface area (Å²) in [6.45, 7) is 0. The maximum Gasteiger partial charge on any atom is 0.189 e. The summed E-state index contributed by atoms with van der Waals surface area (Å²) in [5.41, 5.74) is 1.01. The van der Waals surface area contributed by atoms with Crippen molar-refractivity contribution >= 4 is 48.4 Å². The van der Waals surface area contributed by atoms with Crippen molar-refractivity contribution in [1.82, 2.24) is 9.97 Å². The summed E-state index contributed by atoms with van der Waals surface area (Å²) in [5.74, 6) is 0.784. The molecule has 0 unspecified atom stereocenters. The standard InChI is InChI=1S/C12H8BrN3S/c13-8-4-3-7-14-11(8)16-12-15-9-5-1-2-6-10(9)17-12/h1-7H,(H,14,15,16). The Hall–Kier alpha value is -1.46. The zero-order valence-corrected chi connectivity index (χ0v) is 11.1. The van der Waals surface area contributed by atoms with Crippen molar-refractivity contribution in [1.29, 1.82) is 0 Å². The normalized spacial score (nSPS) is 10.6. The first-order valence-electron chi connectivity index (χ1n) is 5.06. The summed E-state index contributed by atoms with van der Waals surface area (Å²) in [4.78, 5) is 8.75. The molecule has 0 saturated carbocycles. The fourth-order valence-electron chi connectivity index (χ4n) is 1.50. The first kappa shape index (κ1) is 10.7. The molecule has 3 aromatic rings. The summed E-state index contributed by atoms with van der Waals surface area (Å²) in [6.07, 6.45) is 1.75. The van der Waals surface area contributed by atoms with Crippen molar-refractivity contribution in [2.75, 3.05) is 5.32 Å². The van der Waals surface area contributed by atoms with Gasteiger partial charge in [-0.1, -0.05) is 23.5 Å². The van der Waals surface area contributed by atoms with Gasteiger partial charge in [0.2, 0.25) is 0 Å². The molecule has 2 aromatic heterocycles. The lowest BCUT2D eigenvalue weighted by atomic mass is 10.3. The van der Waals surface area contributed by atoms with Crippen LogP contribution < -0.4 is 5.32 Å². The molecule has 0 aliphatic carbocycles. The van der Waals surface area contributed by atoms with E-state index in [1.807, 2.05) is 30.3 Å². The van der Waals surface area contributed by atoms with Crippen LogP contribution in [0.5, 0.6) is 0 Å². The lowest BCUT2D eigenvalue weighted by Gasteiger charge is -2.02. The summed E-state index contributed by atoms with van der Waals surface area (Å²) in [5, 5.41) is 4.06. The highest BCUT2D eigenvalue weighted by atomic mass is 79.9. The molecule has 0 spiro atoms. The van der Waals surface area contributed by atoms with E-state index in [0.29, 0.717) is 0 Å². The first-order chi connectivity index (χ1) is 8.33. The fourth-order valence-corrected chi connectivity index (χ4v) is 2.72. The van der Waals surface area contributed by atoms with Gasteiger partial charge in [0.15, 0.2) is 5.13 Å². The van der Waals surface area contributed by atoms with Gasteiger partial charge in [-0.2, -0.15) is 0 Å². The second-order valence-electron chi connectivity index (χ2n) is 3.45. The van der Waals surface area contributed by atoms with Crippen molar-refractivity contribution < 1.29 is 0 Å². The van der Waals surface area contributed by atoms with Crippen LogP contribution in [0.1, 0.15) is 0 Å². The zero-order valence-electron chi connectivity index (χ0n) is 8.72. The van der Waals surface area contributed by atoms with E-state index in [1.165, 1.54) is 4.70 Å². The average molecular weight is 306 g/mol. The molecule has 0 radical (unpaired) electrons. The van der Waals surface area contributed by atoms with E-state index in [-0.39, 0.29) is 0 Å². The Morgan fingerprint density at radius 2 is 2.00 bits per heavy atom. The van der Waals surface area contributed by atoms with Crippen LogP contribution in [0.4, 0.5) is 10.9 Å². The Morgan fingerprint density at radius 3 is 2.82 bits per heavy atom. The van der Waals surface area contributed by atoms with E-state index in [2.05, 4.69) is 37.3 Å². The van der Waals surface area contributed by atoms with Crippen molar-refractivity contribution in [3.63, 3.8) is 0 Å². The van der Waals surface area contributed by atoms with Crippen LogP contribution in [0, 0.1) is 0 Å². The largest absolute Gasteiger partial charge is 0.315 e. The SMILES string of the molecule is Brc1cccnc1Nc1nc2ccccc2s1. The Morgan fingerprint density at radius 1 is 1.12 bits per heavy atom. The molecule has 0 bridgehead atoms. The number of pyridine rings is 1. The predicted molar refractivity (Wildman–Crippen MR) is 74.8 cm³/mol. The van der Waals surface area contributed by atoms with Gasteiger partial charge in [0.1, 0.15) is 5.82 Å². The molecule has 0 fully saturated rings. The van der Waals surface area contributed by atoms with Crippen molar-refractivity contribution in [2.45, 2.75) is 0 Å². The number of hydrogen-bond donors (Lipinski definition) is 1. The van der Waals surface area contributed by atoms with Crippen molar-refractivity contribution in [2.24, 2.45) is 0 Å². The molecule has 0 amide bonds. The topological polar surface area (TPSA) is 37.8 Å². The van der Waals surface area contributed by atoms with Crippen LogP contribution in [0.15, 0.2) is 47.1 Å². The van der Waals surface area contributed by atoms with Crippen molar-refractivity contribution in [3.8, 4) is 0 Å². The van der Waals surface area contributed by atoms with Gasteiger partial charge in [0, 0.05) is 6.20 Å². The number of nitrogens with one attached hydrogen (secondary N) is 1. The Kier molecular flexibility index (Phi) is 2.78. The van der Waals surface area contributed by atoms with Gasteiger partial charge in [0.25, 0.3) is 0 Å². The molecule has 17 heavy (non-hydrogen) atoms. The molecule has 2 heterocycles. The van der Waals surface area contributed by atoms with Gasteiger partial charge in [0.05, 0.1) is 14.7 Å².